The number of ether oxygens (including phenoxy) is 1. The molecule has 2 aromatic rings. The van der Waals surface area contributed by atoms with Crippen LogP contribution < -0.4 is 10.5 Å². The summed E-state index contributed by atoms with van der Waals surface area (Å²) in [5.41, 5.74) is 6.66. The molecule has 0 unspecified atom stereocenters. The lowest BCUT2D eigenvalue weighted by molar-refractivity contribution is 0.416. The highest BCUT2D eigenvalue weighted by atomic mass is 35.5. The van der Waals surface area contributed by atoms with Crippen LogP contribution in [0.5, 0.6) is 5.75 Å². The fourth-order valence-electron chi connectivity index (χ4n) is 1.42. The standard InChI is InChI=1S/C13H12ClNOS/c1-16-11-3-2-4-12(13(11)15)17-10-7-5-9(14)6-8-10/h2-8H,15H2,1H3. The second-order valence-corrected chi connectivity index (χ2v) is 4.98. The highest BCUT2D eigenvalue weighted by Gasteiger charge is 2.06. The van der Waals surface area contributed by atoms with E-state index >= 15 is 0 Å². The Morgan fingerprint density at radius 1 is 1.12 bits per heavy atom. The van der Waals surface area contributed by atoms with Gasteiger partial charge in [0.1, 0.15) is 5.75 Å². The fraction of sp³-hybridized carbons (Fsp3) is 0.0769. The summed E-state index contributed by atoms with van der Waals surface area (Å²) in [6.07, 6.45) is 0. The van der Waals surface area contributed by atoms with Gasteiger partial charge in [0.2, 0.25) is 0 Å². The van der Waals surface area contributed by atoms with Crippen molar-refractivity contribution in [2.75, 3.05) is 12.8 Å². The smallest absolute Gasteiger partial charge is 0.142 e. The molecule has 0 heterocycles. The van der Waals surface area contributed by atoms with Gasteiger partial charge in [-0.3, -0.25) is 0 Å². The minimum atomic E-state index is 0.662. The van der Waals surface area contributed by atoms with Crippen LogP contribution in [0.2, 0.25) is 5.02 Å². The highest BCUT2D eigenvalue weighted by molar-refractivity contribution is 7.99. The van der Waals surface area contributed by atoms with Crippen molar-refractivity contribution in [1.29, 1.82) is 0 Å². The number of nitrogen functional groups attached to an aromatic ring is 1. The zero-order chi connectivity index (χ0) is 12.3. The lowest BCUT2D eigenvalue weighted by atomic mass is 10.3. The molecule has 2 rings (SSSR count). The molecular formula is C13H12ClNOS. The lowest BCUT2D eigenvalue weighted by Gasteiger charge is -2.09. The topological polar surface area (TPSA) is 35.2 Å². The van der Waals surface area contributed by atoms with E-state index in [-0.39, 0.29) is 0 Å². The summed E-state index contributed by atoms with van der Waals surface area (Å²) in [6.45, 7) is 0. The monoisotopic (exact) mass is 265 g/mol. The van der Waals surface area contributed by atoms with E-state index in [1.54, 1.807) is 18.9 Å². The Kier molecular flexibility index (Phi) is 3.82. The normalized spacial score (nSPS) is 10.2. The second-order valence-electron chi connectivity index (χ2n) is 3.43. The SMILES string of the molecule is COc1cccc(Sc2ccc(Cl)cc2)c1N. The molecule has 2 N–H and O–H groups in total. The van der Waals surface area contributed by atoms with Crippen molar-refractivity contribution in [1.82, 2.24) is 0 Å². The predicted molar refractivity (Wildman–Crippen MR) is 73.0 cm³/mol. The molecule has 88 valence electrons. The van der Waals surface area contributed by atoms with E-state index in [4.69, 9.17) is 22.1 Å². The Morgan fingerprint density at radius 2 is 1.82 bits per heavy atom. The zero-order valence-electron chi connectivity index (χ0n) is 9.31. The molecule has 0 aliphatic heterocycles. The van der Waals surface area contributed by atoms with Crippen molar-refractivity contribution in [3.63, 3.8) is 0 Å². The van der Waals surface area contributed by atoms with Gasteiger partial charge in [-0.1, -0.05) is 29.4 Å². The third kappa shape index (κ3) is 2.87. The molecule has 0 spiro atoms. The lowest BCUT2D eigenvalue weighted by Crippen LogP contribution is -1.93. The molecule has 4 heteroatoms. The Hall–Kier alpha value is -1.32. The number of nitrogens with two attached hydrogens (primary N) is 1. The van der Waals surface area contributed by atoms with Gasteiger partial charge in [-0.15, -0.1) is 0 Å². The van der Waals surface area contributed by atoms with E-state index in [2.05, 4.69) is 0 Å². The van der Waals surface area contributed by atoms with Crippen LogP contribution in [-0.4, -0.2) is 7.11 Å². The number of halogens is 1. The summed E-state index contributed by atoms with van der Waals surface area (Å²) in [4.78, 5) is 2.07. The van der Waals surface area contributed by atoms with Crippen LogP contribution in [0.4, 0.5) is 5.69 Å². The van der Waals surface area contributed by atoms with Gasteiger partial charge in [0, 0.05) is 14.8 Å². The van der Waals surface area contributed by atoms with Crippen LogP contribution >= 0.6 is 23.4 Å². The Labute approximate surface area is 110 Å². The van der Waals surface area contributed by atoms with Crippen LogP contribution in [0.25, 0.3) is 0 Å². The molecule has 0 aliphatic rings. The first-order chi connectivity index (χ1) is 8.20. The average Bonchev–Trinajstić information content (AvgIpc) is 2.35. The average molecular weight is 266 g/mol. The van der Waals surface area contributed by atoms with E-state index in [1.807, 2.05) is 42.5 Å². The molecular weight excluding hydrogens is 254 g/mol. The van der Waals surface area contributed by atoms with E-state index < -0.39 is 0 Å². The number of hydrogen-bond acceptors (Lipinski definition) is 3. The first-order valence-corrected chi connectivity index (χ1v) is 6.26. The highest BCUT2D eigenvalue weighted by Crippen LogP contribution is 2.36. The van der Waals surface area contributed by atoms with E-state index in [0.29, 0.717) is 11.4 Å². The molecule has 0 saturated carbocycles. The third-order valence-electron chi connectivity index (χ3n) is 2.29. The second kappa shape index (κ2) is 5.34. The summed E-state index contributed by atoms with van der Waals surface area (Å²) in [6, 6.07) is 13.4. The molecule has 0 saturated heterocycles. The number of methoxy groups -OCH3 is 1. The number of para-hydroxylation sites is 1. The maximum absolute atomic E-state index is 6.00. The molecule has 2 aromatic carbocycles. The Bertz CT molecular complexity index is 513. The first-order valence-electron chi connectivity index (χ1n) is 5.06. The first kappa shape index (κ1) is 12.1. The fourth-order valence-corrected chi connectivity index (χ4v) is 2.43. The van der Waals surface area contributed by atoms with Crippen LogP contribution in [0.1, 0.15) is 0 Å². The van der Waals surface area contributed by atoms with Crippen molar-refractivity contribution in [2.24, 2.45) is 0 Å². The number of anilines is 1. The van der Waals surface area contributed by atoms with Crippen LogP contribution in [0.3, 0.4) is 0 Å². The van der Waals surface area contributed by atoms with Crippen LogP contribution in [0, 0.1) is 0 Å². The van der Waals surface area contributed by atoms with Gasteiger partial charge in [0.05, 0.1) is 12.8 Å². The summed E-state index contributed by atoms with van der Waals surface area (Å²) in [5, 5.41) is 0.730. The van der Waals surface area contributed by atoms with E-state index in [0.717, 1.165) is 14.8 Å². The van der Waals surface area contributed by atoms with E-state index in [9.17, 15) is 0 Å². The number of rotatable bonds is 3. The minimum Gasteiger partial charge on any atom is -0.495 e. The molecule has 0 atom stereocenters. The number of benzene rings is 2. The van der Waals surface area contributed by atoms with Gasteiger partial charge in [0.25, 0.3) is 0 Å². The minimum absolute atomic E-state index is 0.662. The van der Waals surface area contributed by atoms with Gasteiger partial charge >= 0.3 is 0 Å². The number of hydrogen-bond donors (Lipinski definition) is 1. The Morgan fingerprint density at radius 3 is 2.47 bits per heavy atom. The molecule has 2 nitrogen and oxygen atoms in total. The molecule has 0 radical (unpaired) electrons. The van der Waals surface area contributed by atoms with Crippen LogP contribution in [-0.2, 0) is 0 Å². The quantitative estimate of drug-likeness (QED) is 0.850. The Balaban J connectivity index is 2.27. The van der Waals surface area contributed by atoms with Gasteiger partial charge in [-0.05, 0) is 36.4 Å². The predicted octanol–water partition coefficient (Wildman–Crippen LogP) is 4.08. The van der Waals surface area contributed by atoms with Gasteiger partial charge in [0.15, 0.2) is 0 Å². The molecule has 0 amide bonds. The molecule has 0 aromatic heterocycles. The maximum Gasteiger partial charge on any atom is 0.142 e. The summed E-state index contributed by atoms with van der Waals surface area (Å²) < 4.78 is 5.18. The molecule has 17 heavy (non-hydrogen) atoms. The van der Waals surface area contributed by atoms with Gasteiger partial charge in [-0.25, -0.2) is 0 Å². The molecule has 0 bridgehead atoms. The zero-order valence-corrected chi connectivity index (χ0v) is 10.9. The summed E-state index contributed by atoms with van der Waals surface area (Å²) >= 11 is 7.43. The molecule has 0 fully saturated rings. The maximum atomic E-state index is 6.00. The molecule has 0 aliphatic carbocycles. The van der Waals surface area contributed by atoms with Crippen molar-refractivity contribution in [2.45, 2.75) is 9.79 Å². The van der Waals surface area contributed by atoms with Gasteiger partial charge in [-0.2, -0.15) is 0 Å². The largest absolute Gasteiger partial charge is 0.495 e. The van der Waals surface area contributed by atoms with Crippen molar-refractivity contribution >= 4 is 29.1 Å². The summed E-state index contributed by atoms with van der Waals surface area (Å²) in [7, 11) is 1.61. The third-order valence-corrected chi connectivity index (χ3v) is 3.62. The van der Waals surface area contributed by atoms with Crippen molar-refractivity contribution in [3.05, 3.63) is 47.5 Å². The van der Waals surface area contributed by atoms with Gasteiger partial charge < -0.3 is 10.5 Å². The summed E-state index contributed by atoms with van der Waals surface area (Å²) in [5.74, 6) is 0.698. The van der Waals surface area contributed by atoms with Crippen molar-refractivity contribution in [3.8, 4) is 5.75 Å². The van der Waals surface area contributed by atoms with Crippen molar-refractivity contribution < 1.29 is 4.74 Å². The van der Waals surface area contributed by atoms with Crippen LogP contribution in [0.15, 0.2) is 52.3 Å². The van der Waals surface area contributed by atoms with E-state index in [1.165, 1.54) is 0 Å².